The van der Waals surface area contributed by atoms with Crippen LogP contribution in [0.5, 0.6) is 0 Å². The summed E-state index contributed by atoms with van der Waals surface area (Å²) < 4.78 is 39.3. The number of aromatic nitrogens is 4. The van der Waals surface area contributed by atoms with Crippen LogP contribution in [0.1, 0.15) is 5.56 Å². The molecule has 0 aliphatic carbocycles. The van der Waals surface area contributed by atoms with Gasteiger partial charge in [0.25, 0.3) is 0 Å². The Hall–Kier alpha value is -2.15. The third kappa shape index (κ3) is 2.09. The van der Waals surface area contributed by atoms with Crippen LogP contribution in [-0.4, -0.2) is 19.5 Å². The van der Waals surface area contributed by atoms with Gasteiger partial charge in [-0.2, -0.15) is 18.2 Å². The van der Waals surface area contributed by atoms with Crippen LogP contribution in [0.4, 0.5) is 13.2 Å². The lowest BCUT2D eigenvalue weighted by Crippen LogP contribution is -2.10. The maximum atomic E-state index is 12.6. The number of alkyl halides is 3. The average molecular weight is 299 g/mol. The van der Waals surface area contributed by atoms with Crippen LogP contribution in [0.3, 0.4) is 0 Å². The molecule has 20 heavy (non-hydrogen) atoms. The van der Waals surface area contributed by atoms with Crippen LogP contribution in [0, 0.1) is 0 Å². The van der Waals surface area contributed by atoms with E-state index in [0.717, 1.165) is 0 Å². The van der Waals surface area contributed by atoms with Crippen LogP contribution < -0.4 is 0 Å². The summed E-state index contributed by atoms with van der Waals surface area (Å²) in [6.07, 6.45) is -0.660. The Morgan fingerprint density at radius 1 is 1.15 bits per heavy atom. The van der Waals surface area contributed by atoms with E-state index in [0.29, 0.717) is 17.2 Å². The van der Waals surface area contributed by atoms with E-state index in [1.807, 2.05) is 0 Å². The summed E-state index contributed by atoms with van der Waals surface area (Å²) in [5.41, 5.74) is 0.313. The van der Waals surface area contributed by atoms with Gasteiger partial charge in [0.2, 0.25) is 5.95 Å². The van der Waals surface area contributed by atoms with Crippen molar-refractivity contribution in [2.45, 2.75) is 6.18 Å². The Morgan fingerprint density at radius 2 is 1.95 bits per heavy atom. The van der Waals surface area contributed by atoms with Crippen molar-refractivity contribution in [3.05, 3.63) is 47.5 Å². The summed E-state index contributed by atoms with van der Waals surface area (Å²) in [6, 6.07) is 5.19. The quantitative estimate of drug-likeness (QED) is 0.646. The monoisotopic (exact) mass is 298 g/mol. The molecule has 3 aromatic rings. The second-order valence-electron chi connectivity index (χ2n) is 3.97. The molecule has 0 unspecified atom stereocenters. The van der Waals surface area contributed by atoms with E-state index >= 15 is 0 Å². The maximum absolute atomic E-state index is 12.6. The molecule has 4 nitrogen and oxygen atoms in total. The van der Waals surface area contributed by atoms with Crippen molar-refractivity contribution in [1.29, 1.82) is 0 Å². The first-order chi connectivity index (χ1) is 9.47. The minimum atomic E-state index is -4.57. The third-order valence-electron chi connectivity index (χ3n) is 2.71. The Labute approximate surface area is 115 Å². The fourth-order valence-corrected chi connectivity index (χ4v) is 2.03. The molecule has 0 bridgehead atoms. The Morgan fingerprint density at radius 3 is 2.65 bits per heavy atom. The van der Waals surface area contributed by atoms with E-state index in [-0.39, 0.29) is 5.95 Å². The summed E-state index contributed by atoms with van der Waals surface area (Å²) in [6.45, 7) is 0. The zero-order valence-electron chi connectivity index (χ0n) is 9.76. The molecule has 3 aromatic heterocycles. The number of nitrogens with zero attached hydrogens (tertiary/aromatic N) is 4. The zero-order valence-corrected chi connectivity index (χ0v) is 10.5. The molecule has 0 aliphatic heterocycles. The van der Waals surface area contributed by atoms with Crippen molar-refractivity contribution in [3.63, 3.8) is 0 Å². The molecule has 0 amide bonds. The molecule has 0 spiro atoms. The fourth-order valence-electron chi connectivity index (χ4n) is 1.80. The minimum Gasteiger partial charge on any atom is -0.284 e. The molecule has 0 radical (unpaired) electrons. The van der Waals surface area contributed by atoms with Gasteiger partial charge in [0.15, 0.2) is 0 Å². The molecule has 8 heteroatoms. The highest BCUT2D eigenvalue weighted by molar-refractivity contribution is 6.30. The van der Waals surface area contributed by atoms with Gasteiger partial charge in [-0.15, -0.1) is 0 Å². The van der Waals surface area contributed by atoms with Crippen molar-refractivity contribution in [2.24, 2.45) is 0 Å². The largest absolute Gasteiger partial charge is 0.420 e. The van der Waals surface area contributed by atoms with Crippen molar-refractivity contribution in [3.8, 4) is 5.95 Å². The first-order valence-corrected chi connectivity index (χ1v) is 5.87. The lowest BCUT2D eigenvalue weighted by atomic mass is 10.3. The molecule has 0 aromatic carbocycles. The van der Waals surface area contributed by atoms with Crippen molar-refractivity contribution in [1.82, 2.24) is 19.5 Å². The fraction of sp³-hybridized carbons (Fsp3) is 0.0833. The van der Waals surface area contributed by atoms with E-state index < -0.39 is 16.9 Å². The highest BCUT2D eigenvalue weighted by Gasteiger charge is 2.34. The summed E-state index contributed by atoms with van der Waals surface area (Å²) in [5, 5.41) is -0.631. The summed E-state index contributed by atoms with van der Waals surface area (Å²) in [4.78, 5) is 11.5. The SMILES string of the molecule is FC(F)(F)c1cnc(-n2ccc3ncccc32)nc1Cl. The van der Waals surface area contributed by atoms with Gasteiger partial charge >= 0.3 is 6.18 Å². The van der Waals surface area contributed by atoms with Gasteiger partial charge in [0, 0.05) is 18.6 Å². The normalized spacial score (nSPS) is 12.0. The van der Waals surface area contributed by atoms with Gasteiger partial charge in [-0.1, -0.05) is 11.6 Å². The van der Waals surface area contributed by atoms with Gasteiger partial charge in [-0.3, -0.25) is 9.55 Å². The van der Waals surface area contributed by atoms with E-state index in [1.165, 1.54) is 4.57 Å². The molecular weight excluding hydrogens is 293 g/mol. The lowest BCUT2D eigenvalue weighted by molar-refractivity contribution is -0.138. The van der Waals surface area contributed by atoms with E-state index in [4.69, 9.17) is 11.6 Å². The topological polar surface area (TPSA) is 43.6 Å². The van der Waals surface area contributed by atoms with Gasteiger partial charge in [-0.25, -0.2) is 4.98 Å². The predicted molar refractivity (Wildman–Crippen MR) is 66.7 cm³/mol. The third-order valence-corrected chi connectivity index (χ3v) is 3.00. The van der Waals surface area contributed by atoms with Gasteiger partial charge < -0.3 is 0 Å². The van der Waals surface area contributed by atoms with Gasteiger partial charge in [-0.05, 0) is 18.2 Å². The van der Waals surface area contributed by atoms with E-state index in [2.05, 4.69) is 15.0 Å². The minimum absolute atomic E-state index is 0.0611. The predicted octanol–water partition coefficient (Wildman–Crippen LogP) is 3.49. The number of rotatable bonds is 1. The first-order valence-electron chi connectivity index (χ1n) is 5.49. The average Bonchev–Trinajstić information content (AvgIpc) is 2.80. The molecule has 102 valence electrons. The maximum Gasteiger partial charge on any atom is 0.420 e. The summed E-state index contributed by atoms with van der Waals surface area (Å²) >= 11 is 5.58. The molecule has 0 saturated carbocycles. The Balaban J connectivity index is 2.14. The molecule has 0 N–H and O–H groups in total. The van der Waals surface area contributed by atoms with Crippen molar-refractivity contribution in [2.75, 3.05) is 0 Å². The van der Waals surface area contributed by atoms with Crippen LogP contribution >= 0.6 is 11.6 Å². The van der Waals surface area contributed by atoms with Crippen LogP contribution in [-0.2, 0) is 6.18 Å². The lowest BCUT2D eigenvalue weighted by Gasteiger charge is -2.09. The summed E-state index contributed by atoms with van der Waals surface area (Å²) in [7, 11) is 0. The second-order valence-corrected chi connectivity index (χ2v) is 4.32. The zero-order chi connectivity index (χ0) is 14.3. The Kier molecular flexibility index (Phi) is 2.86. The standard InChI is InChI=1S/C12H6ClF3N4/c13-10-7(12(14,15)16)6-18-11(19-10)20-5-3-8-9(20)2-1-4-17-8/h1-6H. The number of halogens is 4. The molecule has 0 fully saturated rings. The smallest absolute Gasteiger partial charge is 0.284 e. The van der Waals surface area contributed by atoms with Crippen LogP contribution in [0.25, 0.3) is 17.0 Å². The second kappa shape index (κ2) is 4.45. The van der Waals surface area contributed by atoms with Crippen molar-refractivity contribution < 1.29 is 13.2 Å². The number of fused-ring (bicyclic) bond motifs is 1. The number of hydrogen-bond donors (Lipinski definition) is 0. The Bertz CT molecular complexity index is 782. The van der Waals surface area contributed by atoms with E-state index in [1.54, 1.807) is 30.6 Å². The first kappa shape index (κ1) is 12.9. The molecule has 3 rings (SSSR count). The molecule has 0 saturated heterocycles. The van der Waals surface area contributed by atoms with Crippen LogP contribution in [0.15, 0.2) is 36.8 Å². The number of hydrogen-bond acceptors (Lipinski definition) is 3. The van der Waals surface area contributed by atoms with Gasteiger partial charge in [0.1, 0.15) is 10.7 Å². The highest BCUT2D eigenvalue weighted by Crippen LogP contribution is 2.33. The molecule has 0 atom stereocenters. The van der Waals surface area contributed by atoms with Crippen LogP contribution in [0.2, 0.25) is 5.15 Å². The van der Waals surface area contributed by atoms with E-state index in [9.17, 15) is 13.2 Å². The highest BCUT2D eigenvalue weighted by atomic mass is 35.5. The molecule has 3 heterocycles. The number of pyridine rings is 1. The molecule has 0 aliphatic rings. The summed E-state index contributed by atoms with van der Waals surface area (Å²) in [5.74, 6) is 0.0611. The molecular formula is C12H6ClF3N4. The van der Waals surface area contributed by atoms with Gasteiger partial charge in [0.05, 0.1) is 11.0 Å². The van der Waals surface area contributed by atoms with Crippen molar-refractivity contribution >= 4 is 22.6 Å².